The summed E-state index contributed by atoms with van der Waals surface area (Å²) in [6, 6.07) is 13.4. The lowest BCUT2D eigenvalue weighted by Gasteiger charge is -2.25. The van der Waals surface area contributed by atoms with Crippen molar-refractivity contribution < 1.29 is 19.0 Å². The number of amidine groups is 1. The van der Waals surface area contributed by atoms with Gasteiger partial charge in [-0.3, -0.25) is 5.41 Å². The zero-order valence-electron chi connectivity index (χ0n) is 26.1. The van der Waals surface area contributed by atoms with Gasteiger partial charge in [0.15, 0.2) is 12.5 Å². The molecule has 8 nitrogen and oxygen atoms in total. The van der Waals surface area contributed by atoms with Gasteiger partial charge < -0.3 is 30.2 Å². The Morgan fingerprint density at radius 1 is 1.05 bits per heavy atom. The normalized spacial score (nSPS) is 15.3. The summed E-state index contributed by atoms with van der Waals surface area (Å²) in [6.45, 7) is 11.7. The predicted molar refractivity (Wildman–Crippen MR) is 175 cm³/mol. The Morgan fingerprint density at radius 3 is 2.32 bits per heavy atom. The van der Waals surface area contributed by atoms with E-state index in [0.717, 1.165) is 46.2 Å². The molecule has 0 aromatic heterocycles. The summed E-state index contributed by atoms with van der Waals surface area (Å²) in [6.07, 6.45) is 3.35. The first-order valence-corrected chi connectivity index (χ1v) is 14.8. The molecule has 0 saturated carbocycles. The van der Waals surface area contributed by atoms with Gasteiger partial charge in [0.1, 0.15) is 12.6 Å². The smallest absolute Gasteiger partial charge is 0.328 e. The number of benzene rings is 2. The van der Waals surface area contributed by atoms with E-state index in [-0.39, 0.29) is 18.6 Å². The van der Waals surface area contributed by atoms with Crippen molar-refractivity contribution in [2.75, 3.05) is 34.0 Å². The van der Waals surface area contributed by atoms with Gasteiger partial charge in [-0.2, -0.15) is 0 Å². The minimum atomic E-state index is -0.547. The van der Waals surface area contributed by atoms with Gasteiger partial charge in [0, 0.05) is 50.2 Å². The zero-order valence-corrected chi connectivity index (χ0v) is 26.1. The molecule has 2 unspecified atom stereocenters. The van der Waals surface area contributed by atoms with E-state index in [2.05, 4.69) is 55.1 Å². The summed E-state index contributed by atoms with van der Waals surface area (Å²) in [4.78, 5) is 14.4. The molecule has 44 heavy (non-hydrogen) atoms. The number of carbonyl (C=O) groups excluding carboxylic acids is 1. The number of allylic oxidation sites excluding steroid dienone is 1. The topological polar surface area (TPSA) is 110 Å². The molecule has 1 aliphatic heterocycles. The van der Waals surface area contributed by atoms with Crippen LogP contribution in [0.15, 0.2) is 67.1 Å². The maximum absolute atomic E-state index is 12.6. The highest BCUT2D eigenvalue weighted by molar-refractivity contribution is 5.87. The number of ether oxygens (including phenoxy) is 3. The molecule has 1 fully saturated rings. The van der Waals surface area contributed by atoms with Gasteiger partial charge in [-0.15, -0.1) is 0 Å². The summed E-state index contributed by atoms with van der Waals surface area (Å²) in [7, 11) is 2.99. The number of rotatable bonds is 13. The van der Waals surface area contributed by atoms with Crippen molar-refractivity contribution in [3.63, 3.8) is 0 Å². The molecule has 0 aliphatic carbocycles. The molecule has 2 aromatic carbocycles. The summed E-state index contributed by atoms with van der Waals surface area (Å²) < 4.78 is 15.8. The number of aryl methyl sites for hydroxylation is 1. The molecule has 0 amide bonds. The highest BCUT2D eigenvalue weighted by atomic mass is 16.5. The van der Waals surface area contributed by atoms with Crippen molar-refractivity contribution in [2.24, 2.45) is 5.73 Å². The molecule has 8 heteroatoms. The summed E-state index contributed by atoms with van der Waals surface area (Å²) in [5.41, 5.74) is 11.8. The lowest BCUT2D eigenvalue weighted by Crippen LogP contribution is -2.41. The van der Waals surface area contributed by atoms with Gasteiger partial charge in [0.2, 0.25) is 0 Å². The van der Waals surface area contributed by atoms with E-state index in [0.29, 0.717) is 50.7 Å². The quantitative estimate of drug-likeness (QED) is 0.0790. The van der Waals surface area contributed by atoms with Crippen LogP contribution in [0.5, 0.6) is 0 Å². The largest absolute Gasteiger partial charge is 0.467 e. The van der Waals surface area contributed by atoms with E-state index in [4.69, 9.17) is 25.4 Å². The minimum absolute atomic E-state index is 0.137. The van der Waals surface area contributed by atoms with E-state index in [9.17, 15) is 4.79 Å². The SMILES string of the molecule is C=C(CC)Cc1cc(C#CCOC)cc(C#CCOC(=C)NC2CC(C(=O)OC)N(C(=N)CCc3ccc(CN)cc3)C2)c1. The number of nitrogens with one attached hydrogen (secondary N) is 2. The van der Waals surface area contributed by atoms with Crippen molar-refractivity contribution in [3.8, 4) is 23.7 Å². The average molecular weight is 597 g/mol. The average Bonchev–Trinajstić information content (AvgIpc) is 3.45. The molecular weight excluding hydrogens is 552 g/mol. The van der Waals surface area contributed by atoms with Crippen molar-refractivity contribution in [3.05, 3.63) is 94.9 Å². The predicted octanol–water partition coefficient (Wildman–Crippen LogP) is 4.31. The second-order valence-electron chi connectivity index (χ2n) is 10.7. The molecule has 3 rings (SSSR count). The molecule has 1 aliphatic rings. The molecule has 2 aromatic rings. The number of nitrogens with zero attached hydrogens (tertiary/aromatic N) is 1. The Kier molecular flexibility index (Phi) is 13.6. The molecule has 232 valence electrons. The number of carbonyl (C=O) groups is 1. The summed E-state index contributed by atoms with van der Waals surface area (Å²) in [5.74, 6) is 12.7. The molecule has 0 radical (unpaired) electrons. The fraction of sp³-hybridized carbons (Fsp3) is 0.389. The Hall–Kier alpha value is -4.50. The number of hydrogen-bond acceptors (Lipinski definition) is 7. The van der Waals surface area contributed by atoms with Crippen LogP contribution in [-0.4, -0.2) is 62.8 Å². The second kappa shape index (κ2) is 17.6. The van der Waals surface area contributed by atoms with Crippen LogP contribution in [0.4, 0.5) is 0 Å². The zero-order chi connectivity index (χ0) is 31.9. The van der Waals surface area contributed by atoms with Crippen LogP contribution in [0.25, 0.3) is 0 Å². The summed E-state index contributed by atoms with van der Waals surface area (Å²) >= 11 is 0. The molecule has 4 N–H and O–H groups in total. The third kappa shape index (κ3) is 10.6. The van der Waals surface area contributed by atoms with Crippen molar-refractivity contribution in [1.29, 1.82) is 5.41 Å². The van der Waals surface area contributed by atoms with Crippen molar-refractivity contribution in [2.45, 2.75) is 57.7 Å². The van der Waals surface area contributed by atoms with Crippen LogP contribution >= 0.6 is 0 Å². The highest BCUT2D eigenvalue weighted by Crippen LogP contribution is 2.22. The van der Waals surface area contributed by atoms with E-state index in [1.807, 2.05) is 36.4 Å². The third-order valence-electron chi connectivity index (χ3n) is 7.34. The first-order valence-electron chi connectivity index (χ1n) is 14.8. The second-order valence-corrected chi connectivity index (χ2v) is 10.7. The van der Waals surface area contributed by atoms with Crippen LogP contribution in [0.2, 0.25) is 0 Å². The Labute approximate surface area is 262 Å². The lowest BCUT2D eigenvalue weighted by atomic mass is 9.99. The third-order valence-corrected chi connectivity index (χ3v) is 7.34. The monoisotopic (exact) mass is 596 g/mol. The van der Waals surface area contributed by atoms with Gasteiger partial charge in [0.05, 0.1) is 12.9 Å². The highest BCUT2D eigenvalue weighted by Gasteiger charge is 2.39. The molecular formula is C36H44N4O4. The molecule has 1 saturated heterocycles. The van der Waals surface area contributed by atoms with Gasteiger partial charge in [-0.1, -0.05) is 67.0 Å². The van der Waals surface area contributed by atoms with E-state index in [1.165, 1.54) is 7.11 Å². The van der Waals surface area contributed by atoms with E-state index in [1.54, 1.807) is 12.0 Å². The van der Waals surface area contributed by atoms with Crippen LogP contribution in [-0.2, 0) is 38.4 Å². The number of esters is 1. The Balaban J connectivity index is 1.57. The minimum Gasteiger partial charge on any atom is -0.467 e. The summed E-state index contributed by atoms with van der Waals surface area (Å²) in [5, 5.41) is 12.0. The maximum atomic E-state index is 12.6. The molecule has 2 atom stereocenters. The van der Waals surface area contributed by atoms with Crippen molar-refractivity contribution >= 4 is 11.8 Å². The van der Waals surface area contributed by atoms with Crippen LogP contribution in [0.1, 0.15) is 54.0 Å². The molecule has 0 bridgehead atoms. The molecule has 0 spiro atoms. The number of hydrogen-bond donors (Lipinski definition) is 3. The van der Waals surface area contributed by atoms with E-state index >= 15 is 0 Å². The van der Waals surface area contributed by atoms with E-state index < -0.39 is 6.04 Å². The Bertz CT molecular complexity index is 1440. The fourth-order valence-corrected chi connectivity index (χ4v) is 4.94. The van der Waals surface area contributed by atoms with Gasteiger partial charge in [-0.25, -0.2) is 4.79 Å². The first-order chi connectivity index (χ1) is 21.3. The van der Waals surface area contributed by atoms with Gasteiger partial charge >= 0.3 is 5.97 Å². The van der Waals surface area contributed by atoms with Crippen LogP contribution in [0.3, 0.4) is 0 Å². The maximum Gasteiger partial charge on any atom is 0.328 e. The van der Waals surface area contributed by atoms with Gasteiger partial charge in [0.25, 0.3) is 0 Å². The van der Waals surface area contributed by atoms with Crippen molar-refractivity contribution in [1.82, 2.24) is 10.2 Å². The number of likely N-dealkylation sites (tertiary alicyclic amines) is 1. The standard InChI is InChI=1S/C36H44N4O4/c1-6-26(2)19-32-21-30(9-7-17-42-4)20-31(22-32)10-8-18-44-27(3)39-33-23-34(36(41)43-5)40(25-33)35(38)16-15-28-11-13-29(24-37)14-12-28/h11-14,20-22,33-34,38-39H,2-3,6,15-19,23-25,37H2,1,4-5H3. The fourth-order valence-electron chi connectivity index (χ4n) is 4.94. The lowest BCUT2D eigenvalue weighted by molar-refractivity contribution is -0.144. The first kappa shape index (κ1) is 34.0. The molecule has 1 heterocycles. The Morgan fingerprint density at radius 2 is 1.70 bits per heavy atom. The number of methoxy groups -OCH3 is 2. The van der Waals surface area contributed by atoms with Crippen LogP contribution in [0, 0.1) is 29.1 Å². The van der Waals surface area contributed by atoms with Gasteiger partial charge in [-0.05, 0) is 60.7 Å². The van der Waals surface area contributed by atoms with Crippen LogP contribution < -0.4 is 11.1 Å². The number of nitrogens with two attached hydrogens (primary N) is 1.